The van der Waals surface area contributed by atoms with Gasteiger partial charge in [-0.1, -0.05) is 85.8 Å². The summed E-state index contributed by atoms with van der Waals surface area (Å²) in [5, 5.41) is 3.25. The van der Waals surface area contributed by atoms with E-state index in [9.17, 15) is 28.8 Å². The number of rotatable bonds is 15. The zero-order valence-corrected chi connectivity index (χ0v) is 38.3. The molecule has 0 N–H and O–H groups in total. The number of allylic oxidation sites excluding steroid dienone is 3. The van der Waals surface area contributed by atoms with Crippen molar-refractivity contribution < 1.29 is 72.3 Å². The molecule has 59 heavy (non-hydrogen) atoms. The summed E-state index contributed by atoms with van der Waals surface area (Å²) < 4.78 is 15.1. The molecule has 0 atom stereocenters. The van der Waals surface area contributed by atoms with Crippen LogP contribution in [0.3, 0.4) is 0 Å². The highest BCUT2D eigenvalue weighted by Gasteiger charge is 2.33. The maximum Gasteiger partial charge on any atom is 0.549 e. The van der Waals surface area contributed by atoms with E-state index in [-0.39, 0.29) is 16.7 Å². The minimum Gasteiger partial charge on any atom is -0.431 e. The van der Waals surface area contributed by atoms with Crippen molar-refractivity contribution in [1.29, 1.82) is 0 Å². The van der Waals surface area contributed by atoms with Gasteiger partial charge in [-0.2, -0.15) is 14.4 Å². The average Bonchev–Trinajstić information content (AvgIpc) is 3.22. The fraction of sp³-hybridized carbons (Fsp3) is 0.268. The molecular formula is C41H48O15Si3. The van der Waals surface area contributed by atoms with Crippen molar-refractivity contribution in [2.24, 2.45) is 5.41 Å². The SMILES string of the molecule is CC(C)=C[SiH2]c1ccc(C(=O)OOC(=O)OCC(C)(COC(=O)OOC(=O)c2ccc([SiH2]C=C(C)C)cc2)COC(=O)OOC(=O)c2ccc([SiH2]C=C(C)C)cc2)cc1. The van der Waals surface area contributed by atoms with Gasteiger partial charge in [-0.15, -0.1) is 0 Å². The summed E-state index contributed by atoms with van der Waals surface area (Å²) in [4.78, 5) is 102. The van der Waals surface area contributed by atoms with Gasteiger partial charge in [0.25, 0.3) is 0 Å². The molecule has 0 aliphatic carbocycles. The van der Waals surface area contributed by atoms with Crippen LogP contribution in [0.1, 0.15) is 79.5 Å². The molecule has 0 heterocycles. The van der Waals surface area contributed by atoms with Crippen LogP contribution >= 0.6 is 0 Å². The van der Waals surface area contributed by atoms with Crippen LogP contribution in [-0.2, 0) is 43.5 Å². The van der Waals surface area contributed by atoms with Gasteiger partial charge in [0.05, 0.1) is 50.7 Å². The molecule has 15 nitrogen and oxygen atoms in total. The number of carbonyl (C=O) groups is 6. The molecule has 0 radical (unpaired) electrons. The number of hydrogen-bond donors (Lipinski definition) is 0. The number of carbonyl (C=O) groups excluding carboxylic acids is 6. The second-order valence-electron chi connectivity index (χ2n) is 14.3. The van der Waals surface area contributed by atoms with Crippen molar-refractivity contribution in [3.63, 3.8) is 0 Å². The van der Waals surface area contributed by atoms with E-state index in [1.807, 2.05) is 41.5 Å². The summed E-state index contributed by atoms with van der Waals surface area (Å²) in [6.07, 6.45) is -4.39. The predicted molar refractivity (Wildman–Crippen MR) is 224 cm³/mol. The van der Waals surface area contributed by atoms with E-state index in [0.717, 1.165) is 15.6 Å². The third-order valence-corrected chi connectivity index (χ3v) is 13.9. The van der Waals surface area contributed by atoms with Crippen molar-refractivity contribution in [1.82, 2.24) is 0 Å². The fourth-order valence-corrected chi connectivity index (χ4v) is 8.01. The Morgan fingerprint density at radius 1 is 0.424 bits per heavy atom. The molecule has 3 rings (SSSR count). The topological polar surface area (TPSA) is 185 Å². The van der Waals surface area contributed by atoms with Crippen LogP contribution in [0.5, 0.6) is 0 Å². The second kappa shape index (κ2) is 23.9. The van der Waals surface area contributed by atoms with Crippen molar-refractivity contribution >= 4 is 80.5 Å². The Morgan fingerprint density at radius 3 is 0.881 bits per heavy atom. The molecule has 0 aromatic heterocycles. The molecule has 0 bridgehead atoms. The summed E-state index contributed by atoms with van der Waals surface area (Å²) in [7, 11) is -1.96. The summed E-state index contributed by atoms with van der Waals surface area (Å²) in [5.74, 6) is -2.90. The van der Waals surface area contributed by atoms with Crippen molar-refractivity contribution in [2.75, 3.05) is 19.8 Å². The van der Waals surface area contributed by atoms with Crippen molar-refractivity contribution in [2.45, 2.75) is 48.5 Å². The molecule has 0 aliphatic rings. The van der Waals surface area contributed by atoms with Crippen LogP contribution in [0.2, 0.25) is 0 Å². The van der Waals surface area contributed by atoms with Gasteiger partial charge < -0.3 is 14.2 Å². The van der Waals surface area contributed by atoms with Gasteiger partial charge in [0.1, 0.15) is 19.8 Å². The zero-order valence-electron chi connectivity index (χ0n) is 34.0. The van der Waals surface area contributed by atoms with E-state index >= 15 is 0 Å². The van der Waals surface area contributed by atoms with E-state index < -0.39 is 90.2 Å². The van der Waals surface area contributed by atoms with Crippen LogP contribution < -0.4 is 15.6 Å². The smallest absolute Gasteiger partial charge is 0.431 e. The Labute approximate surface area is 348 Å². The van der Waals surface area contributed by atoms with E-state index in [1.165, 1.54) is 60.0 Å². The van der Waals surface area contributed by atoms with Gasteiger partial charge in [-0.3, -0.25) is 0 Å². The highest BCUT2D eigenvalue weighted by atomic mass is 28.2. The number of hydrogen-bond acceptors (Lipinski definition) is 15. The molecule has 0 amide bonds. The molecule has 0 saturated carbocycles. The lowest BCUT2D eigenvalue weighted by Gasteiger charge is -2.26. The van der Waals surface area contributed by atoms with Crippen molar-refractivity contribution in [3.05, 3.63) is 123 Å². The van der Waals surface area contributed by atoms with Gasteiger partial charge in [-0.05, 0) is 84.9 Å². The Hall–Kier alpha value is -6.25. The summed E-state index contributed by atoms with van der Waals surface area (Å²) in [6.45, 7) is 11.4. The number of benzene rings is 3. The first kappa shape index (κ1) is 47.1. The fourth-order valence-electron chi connectivity index (χ4n) is 4.55. The Morgan fingerprint density at radius 2 is 0.661 bits per heavy atom. The lowest BCUT2D eigenvalue weighted by Crippen LogP contribution is -2.37. The molecule has 0 saturated heterocycles. The molecule has 3 aromatic carbocycles. The molecule has 18 heteroatoms. The average molecular weight is 865 g/mol. The van der Waals surface area contributed by atoms with E-state index in [2.05, 4.69) is 46.4 Å². The summed E-state index contributed by atoms with van der Waals surface area (Å²) >= 11 is 0. The molecule has 3 aromatic rings. The third kappa shape index (κ3) is 18.3. The molecular weight excluding hydrogens is 817 g/mol. The maximum atomic E-state index is 12.4. The highest BCUT2D eigenvalue weighted by molar-refractivity contribution is 6.59. The van der Waals surface area contributed by atoms with Crippen molar-refractivity contribution in [3.8, 4) is 0 Å². The largest absolute Gasteiger partial charge is 0.549 e. The molecule has 0 aliphatic heterocycles. The standard InChI is InChI=1S/C41H48O15Si3/c1-26(2)20-57-32-14-8-29(9-15-32)35(42)51-54-38(45)48-23-41(7,24-49-39(46)55-52-36(43)30-10-16-33(17-11-30)58-21-27(3)4)25-50-40(47)56-53-37(44)31-12-18-34(19-13-31)59-22-28(5)6/h8-22H,23-25,57-59H2,1-7H3. The Bertz CT molecular complexity index is 1780. The van der Waals surface area contributed by atoms with Crippen LogP contribution in [0.15, 0.2) is 107 Å². The molecule has 0 spiro atoms. The van der Waals surface area contributed by atoms with Gasteiger partial charge in [0, 0.05) is 0 Å². The lowest BCUT2D eigenvalue weighted by molar-refractivity contribution is -0.216. The first-order valence-electron chi connectivity index (χ1n) is 18.4. The summed E-state index contributed by atoms with van der Waals surface area (Å²) in [5.41, 5.74) is 8.89. The zero-order chi connectivity index (χ0) is 43.4. The second-order valence-corrected chi connectivity index (χ2v) is 19.2. The monoisotopic (exact) mass is 864 g/mol. The normalized spacial score (nSPS) is 11.8. The van der Waals surface area contributed by atoms with Crippen LogP contribution in [-0.4, -0.2) is 84.8 Å². The Kier molecular flexibility index (Phi) is 19.1. The minimum absolute atomic E-state index is 0.120. The quantitative estimate of drug-likeness (QED) is 0.0704. The molecule has 0 unspecified atom stereocenters. The first-order valence-corrected chi connectivity index (χ1v) is 22.9. The Balaban J connectivity index is 1.56. The van der Waals surface area contributed by atoms with Gasteiger partial charge in [-0.25, -0.2) is 43.7 Å². The van der Waals surface area contributed by atoms with E-state index in [1.54, 1.807) is 36.4 Å². The third-order valence-electron chi connectivity index (χ3n) is 7.98. The molecule has 314 valence electrons. The highest BCUT2D eigenvalue weighted by Crippen LogP contribution is 2.20. The van der Waals surface area contributed by atoms with Gasteiger partial charge in [0.2, 0.25) is 0 Å². The van der Waals surface area contributed by atoms with Crippen LogP contribution in [0.25, 0.3) is 0 Å². The molecule has 0 fully saturated rings. The summed E-state index contributed by atoms with van der Waals surface area (Å²) in [6, 6.07) is 19.9. The number of ether oxygens (including phenoxy) is 3. The van der Waals surface area contributed by atoms with E-state index in [4.69, 9.17) is 14.2 Å². The van der Waals surface area contributed by atoms with Gasteiger partial charge in [0.15, 0.2) is 0 Å². The van der Waals surface area contributed by atoms with Crippen LogP contribution in [0.4, 0.5) is 14.4 Å². The van der Waals surface area contributed by atoms with E-state index in [0.29, 0.717) is 0 Å². The van der Waals surface area contributed by atoms with Gasteiger partial charge >= 0.3 is 36.4 Å². The first-order chi connectivity index (χ1) is 28.0. The van der Waals surface area contributed by atoms with Crippen LogP contribution in [0, 0.1) is 5.41 Å². The minimum atomic E-state index is -1.56. The predicted octanol–water partition coefficient (Wildman–Crippen LogP) is 3.92. The lowest BCUT2D eigenvalue weighted by atomic mass is 9.94. The maximum absolute atomic E-state index is 12.4.